The monoisotopic (exact) mass is 371 g/mol. The average Bonchev–Trinajstić information content (AvgIpc) is 2.68. The molecule has 1 saturated heterocycles. The molecule has 1 aliphatic heterocycles. The van der Waals surface area contributed by atoms with Gasteiger partial charge >= 0.3 is 0 Å². The zero-order valence-corrected chi connectivity index (χ0v) is 16.2. The van der Waals surface area contributed by atoms with Crippen LogP contribution in [0, 0.1) is 11.8 Å². The van der Waals surface area contributed by atoms with Crippen LogP contribution in [-0.4, -0.2) is 60.6 Å². The van der Waals surface area contributed by atoms with Gasteiger partial charge in [-0.3, -0.25) is 14.4 Å². The lowest BCUT2D eigenvalue weighted by Crippen LogP contribution is -2.49. The van der Waals surface area contributed by atoms with Crippen LogP contribution >= 0.6 is 0 Å². The summed E-state index contributed by atoms with van der Waals surface area (Å²) >= 11 is 0. The van der Waals surface area contributed by atoms with E-state index in [-0.39, 0.29) is 29.4 Å². The van der Waals surface area contributed by atoms with E-state index in [2.05, 4.69) is 17.3 Å². The van der Waals surface area contributed by atoms with E-state index in [1.807, 2.05) is 4.90 Å². The van der Waals surface area contributed by atoms with Gasteiger partial charge in [-0.2, -0.15) is 0 Å². The van der Waals surface area contributed by atoms with Gasteiger partial charge in [-0.05, 0) is 63.9 Å². The van der Waals surface area contributed by atoms with Gasteiger partial charge in [0, 0.05) is 49.3 Å². The molecule has 0 spiro atoms. The zero-order valence-electron chi connectivity index (χ0n) is 16.2. The van der Waals surface area contributed by atoms with Crippen LogP contribution < -0.4 is 5.32 Å². The van der Waals surface area contributed by atoms with Crippen molar-refractivity contribution < 1.29 is 14.4 Å². The summed E-state index contributed by atoms with van der Waals surface area (Å²) in [4.78, 5) is 40.8. The van der Waals surface area contributed by atoms with E-state index >= 15 is 0 Å². The first-order chi connectivity index (χ1) is 12.9. The number of amides is 2. The van der Waals surface area contributed by atoms with Crippen LogP contribution in [0.5, 0.6) is 0 Å². The van der Waals surface area contributed by atoms with Crippen molar-refractivity contribution in [3.05, 3.63) is 29.8 Å². The van der Waals surface area contributed by atoms with Crippen LogP contribution in [-0.2, 0) is 9.59 Å². The summed E-state index contributed by atoms with van der Waals surface area (Å²) < 4.78 is 0. The van der Waals surface area contributed by atoms with Crippen LogP contribution in [0.15, 0.2) is 24.3 Å². The number of carbonyl (C=O) groups excluding carboxylic acids is 3. The lowest BCUT2D eigenvalue weighted by atomic mass is 9.80. The number of hydrogen-bond acceptors (Lipinski definition) is 4. The number of anilines is 1. The molecule has 1 aromatic rings. The highest BCUT2D eigenvalue weighted by Crippen LogP contribution is 2.31. The lowest BCUT2D eigenvalue weighted by Gasteiger charge is -2.36. The molecular weight excluding hydrogens is 342 g/mol. The van der Waals surface area contributed by atoms with Crippen LogP contribution in [0.25, 0.3) is 0 Å². The highest BCUT2D eigenvalue weighted by Gasteiger charge is 2.32. The summed E-state index contributed by atoms with van der Waals surface area (Å²) in [5.74, 6) is 0.301. The van der Waals surface area contributed by atoms with Gasteiger partial charge in [0.25, 0.3) is 0 Å². The van der Waals surface area contributed by atoms with Gasteiger partial charge in [0.15, 0.2) is 5.78 Å². The Balaban J connectivity index is 1.47. The second-order valence-electron chi connectivity index (χ2n) is 7.80. The number of ketones is 1. The molecule has 2 amide bonds. The zero-order chi connectivity index (χ0) is 19.4. The Bertz CT molecular complexity index is 685. The lowest BCUT2D eigenvalue weighted by molar-refractivity contribution is -0.139. The Hall–Kier alpha value is -2.21. The van der Waals surface area contributed by atoms with E-state index in [9.17, 15) is 14.4 Å². The Kier molecular flexibility index (Phi) is 6.26. The van der Waals surface area contributed by atoms with Crippen molar-refractivity contribution in [2.75, 3.05) is 38.5 Å². The largest absolute Gasteiger partial charge is 0.340 e. The fourth-order valence-corrected chi connectivity index (χ4v) is 3.92. The molecule has 0 atom stereocenters. The van der Waals surface area contributed by atoms with Crippen LogP contribution in [0.3, 0.4) is 0 Å². The Morgan fingerprint density at radius 2 is 1.44 bits per heavy atom. The fourth-order valence-electron chi connectivity index (χ4n) is 3.92. The second-order valence-corrected chi connectivity index (χ2v) is 7.80. The molecular formula is C21H29N3O3. The van der Waals surface area contributed by atoms with Crippen molar-refractivity contribution in [1.29, 1.82) is 0 Å². The smallest absolute Gasteiger partial charge is 0.227 e. The molecule has 0 unspecified atom stereocenters. The number of piperazine rings is 1. The molecule has 0 radical (unpaired) electrons. The first-order valence-corrected chi connectivity index (χ1v) is 9.83. The van der Waals surface area contributed by atoms with Crippen LogP contribution in [0.2, 0.25) is 0 Å². The minimum atomic E-state index is -0.0472. The van der Waals surface area contributed by atoms with Crippen molar-refractivity contribution in [3.63, 3.8) is 0 Å². The summed E-state index contributed by atoms with van der Waals surface area (Å²) in [5.41, 5.74) is 1.34. The molecule has 1 heterocycles. The van der Waals surface area contributed by atoms with Gasteiger partial charge in [0.05, 0.1) is 0 Å². The first-order valence-electron chi connectivity index (χ1n) is 9.83. The maximum absolute atomic E-state index is 12.7. The Morgan fingerprint density at radius 1 is 0.889 bits per heavy atom. The molecule has 0 aromatic heterocycles. The van der Waals surface area contributed by atoms with E-state index < -0.39 is 0 Å². The van der Waals surface area contributed by atoms with E-state index in [4.69, 9.17) is 0 Å². The molecule has 1 N–H and O–H groups in total. The van der Waals surface area contributed by atoms with Crippen molar-refractivity contribution in [2.24, 2.45) is 11.8 Å². The topological polar surface area (TPSA) is 69.7 Å². The number of rotatable bonds is 4. The molecule has 146 valence electrons. The number of hydrogen-bond donors (Lipinski definition) is 1. The molecule has 6 heteroatoms. The molecule has 0 bridgehead atoms. The van der Waals surface area contributed by atoms with E-state index in [1.165, 1.54) is 6.92 Å². The third-order valence-corrected chi connectivity index (χ3v) is 5.82. The van der Waals surface area contributed by atoms with Crippen molar-refractivity contribution in [2.45, 2.75) is 32.6 Å². The summed E-state index contributed by atoms with van der Waals surface area (Å²) in [5, 5.41) is 2.94. The Morgan fingerprint density at radius 3 is 2.00 bits per heavy atom. The summed E-state index contributed by atoms with van der Waals surface area (Å²) in [6, 6.07) is 6.97. The highest BCUT2D eigenvalue weighted by molar-refractivity contribution is 5.96. The van der Waals surface area contributed by atoms with Crippen molar-refractivity contribution >= 4 is 23.3 Å². The number of nitrogens with zero attached hydrogens (tertiary/aromatic N) is 2. The van der Waals surface area contributed by atoms with E-state index in [0.717, 1.165) is 51.9 Å². The average molecular weight is 371 g/mol. The molecule has 1 aromatic carbocycles. The van der Waals surface area contributed by atoms with E-state index in [1.54, 1.807) is 24.3 Å². The highest BCUT2D eigenvalue weighted by atomic mass is 16.2. The molecule has 1 saturated carbocycles. The number of benzene rings is 1. The summed E-state index contributed by atoms with van der Waals surface area (Å²) in [6.45, 7) is 5.02. The third-order valence-electron chi connectivity index (χ3n) is 5.82. The predicted molar refractivity (Wildman–Crippen MR) is 105 cm³/mol. The molecule has 2 fully saturated rings. The van der Waals surface area contributed by atoms with Gasteiger partial charge < -0.3 is 15.1 Å². The quantitative estimate of drug-likeness (QED) is 0.825. The van der Waals surface area contributed by atoms with Crippen molar-refractivity contribution in [1.82, 2.24) is 9.80 Å². The van der Waals surface area contributed by atoms with Crippen LogP contribution in [0.1, 0.15) is 43.0 Å². The minimum absolute atomic E-state index is 0.0103. The van der Waals surface area contributed by atoms with Gasteiger partial charge in [-0.1, -0.05) is 0 Å². The summed E-state index contributed by atoms with van der Waals surface area (Å²) in [6.07, 6.45) is 3.07. The first kappa shape index (κ1) is 19.5. The number of nitrogens with one attached hydrogen (secondary N) is 1. The van der Waals surface area contributed by atoms with Crippen molar-refractivity contribution in [3.8, 4) is 0 Å². The van der Waals surface area contributed by atoms with Crippen LogP contribution in [0.4, 0.5) is 5.69 Å². The fraction of sp³-hybridized carbons (Fsp3) is 0.571. The normalized spacial score (nSPS) is 23.7. The number of Topliss-reactive ketones (excluding diaryl/α,β-unsaturated/α-hetero) is 1. The molecule has 1 aliphatic carbocycles. The van der Waals surface area contributed by atoms with Gasteiger partial charge in [-0.15, -0.1) is 0 Å². The standard InChI is InChI=1S/C21H29N3O3/c1-15(25)16-7-9-19(10-8-16)22-20(26)17-3-5-18(6-4-17)21(27)24-13-11-23(2)12-14-24/h7-10,17-18H,3-6,11-14H2,1-2H3,(H,22,26). The maximum atomic E-state index is 12.7. The number of carbonyl (C=O) groups is 3. The molecule has 3 rings (SSSR count). The maximum Gasteiger partial charge on any atom is 0.227 e. The second kappa shape index (κ2) is 8.65. The SMILES string of the molecule is CC(=O)c1ccc(NC(=O)C2CCC(C(=O)N3CCN(C)CC3)CC2)cc1. The van der Waals surface area contributed by atoms with Gasteiger partial charge in [0.1, 0.15) is 0 Å². The summed E-state index contributed by atoms with van der Waals surface area (Å²) in [7, 11) is 2.08. The minimum Gasteiger partial charge on any atom is -0.340 e. The number of likely N-dealkylation sites (N-methyl/N-ethyl adjacent to an activating group) is 1. The van der Waals surface area contributed by atoms with E-state index in [0.29, 0.717) is 11.3 Å². The Labute approximate surface area is 160 Å². The molecule has 27 heavy (non-hydrogen) atoms. The predicted octanol–water partition coefficient (Wildman–Crippen LogP) is 2.41. The van der Waals surface area contributed by atoms with Gasteiger partial charge in [-0.25, -0.2) is 0 Å². The molecule has 2 aliphatic rings. The molecule has 6 nitrogen and oxygen atoms in total. The third kappa shape index (κ3) is 4.95. The van der Waals surface area contributed by atoms with Gasteiger partial charge in [0.2, 0.25) is 11.8 Å².